The van der Waals surface area contributed by atoms with Crippen LogP contribution in [0.4, 0.5) is 5.69 Å². The molecule has 1 N–H and O–H groups in total. The van der Waals surface area contributed by atoms with Gasteiger partial charge in [-0.15, -0.1) is 11.3 Å². The molecule has 2 radical (unpaired) electrons. The molecule has 0 aliphatic heterocycles. The van der Waals surface area contributed by atoms with Gasteiger partial charge in [0.05, 0.1) is 4.88 Å². The molecule has 0 amide bonds. The second kappa shape index (κ2) is 5.69. The average Bonchev–Trinajstić information content (AvgIpc) is 2.83. The lowest BCUT2D eigenvalue weighted by molar-refractivity contribution is 0.105. The van der Waals surface area contributed by atoms with Gasteiger partial charge in [0.1, 0.15) is 7.85 Å². The van der Waals surface area contributed by atoms with Crippen molar-refractivity contribution in [3.05, 3.63) is 52.9 Å². The third-order valence-electron chi connectivity index (χ3n) is 2.50. The molecule has 0 atom stereocenters. The Labute approximate surface area is 112 Å². The lowest BCUT2D eigenvalue weighted by Crippen LogP contribution is -1.92. The van der Waals surface area contributed by atoms with Crippen LogP contribution in [0.15, 0.2) is 42.5 Å². The number of hydrogen-bond donors (Lipinski definition) is 1. The van der Waals surface area contributed by atoms with Crippen molar-refractivity contribution in [3.8, 4) is 0 Å². The topological polar surface area (TPSA) is 29.1 Å². The van der Waals surface area contributed by atoms with Gasteiger partial charge in [0, 0.05) is 12.7 Å². The maximum Gasteiger partial charge on any atom is 0.195 e. The molecule has 0 aliphatic rings. The predicted molar refractivity (Wildman–Crippen MR) is 79.1 cm³/mol. The van der Waals surface area contributed by atoms with Crippen molar-refractivity contribution < 1.29 is 4.79 Å². The number of benzene rings is 1. The quantitative estimate of drug-likeness (QED) is 0.515. The fourth-order valence-corrected chi connectivity index (χ4v) is 2.19. The van der Waals surface area contributed by atoms with Gasteiger partial charge in [-0.3, -0.25) is 4.79 Å². The van der Waals surface area contributed by atoms with E-state index >= 15 is 0 Å². The normalized spacial score (nSPS) is 10.7. The van der Waals surface area contributed by atoms with Gasteiger partial charge >= 0.3 is 0 Å². The number of thiophene rings is 1. The summed E-state index contributed by atoms with van der Waals surface area (Å²) in [6.45, 7) is 0. The predicted octanol–water partition coefficient (Wildman–Crippen LogP) is 2.48. The number of anilines is 1. The molecule has 0 aliphatic carbocycles. The summed E-state index contributed by atoms with van der Waals surface area (Å²) in [6.07, 6.45) is 3.37. The fraction of sp³-hybridized carbons (Fsp3) is 0.0714. The summed E-state index contributed by atoms with van der Waals surface area (Å²) in [5, 5.41) is 3.04. The van der Waals surface area contributed by atoms with Gasteiger partial charge in [-0.1, -0.05) is 24.3 Å². The Balaban J connectivity index is 2.08. The van der Waals surface area contributed by atoms with Crippen LogP contribution in [0.1, 0.15) is 15.2 Å². The first-order chi connectivity index (χ1) is 8.69. The van der Waals surface area contributed by atoms with Crippen LogP contribution in [0.3, 0.4) is 0 Å². The first-order valence-electron chi connectivity index (χ1n) is 5.54. The highest BCUT2D eigenvalue weighted by Crippen LogP contribution is 2.12. The summed E-state index contributed by atoms with van der Waals surface area (Å²) in [5.41, 5.74) is 2.04. The van der Waals surface area contributed by atoms with Crippen LogP contribution < -0.4 is 10.1 Å². The maximum atomic E-state index is 11.8. The molecule has 0 saturated carbocycles. The molecule has 1 aromatic carbocycles. The van der Waals surface area contributed by atoms with Gasteiger partial charge in [0.15, 0.2) is 5.78 Å². The van der Waals surface area contributed by atoms with Crippen molar-refractivity contribution in [3.63, 3.8) is 0 Å². The number of carbonyl (C=O) groups excluding carboxylic acids is 1. The van der Waals surface area contributed by atoms with Crippen LogP contribution in [0.2, 0.25) is 0 Å². The Hall–Kier alpha value is -1.81. The third kappa shape index (κ3) is 3.11. The van der Waals surface area contributed by atoms with Gasteiger partial charge in [0.2, 0.25) is 0 Å². The van der Waals surface area contributed by atoms with E-state index in [0.717, 1.165) is 11.3 Å². The number of rotatable bonds is 4. The molecule has 2 rings (SSSR count). The van der Waals surface area contributed by atoms with E-state index in [1.165, 1.54) is 11.3 Å². The first-order valence-corrected chi connectivity index (χ1v) is 6.36. The molecular weight excluding hydrogens is 241 g/mol. The Kier molecular flexibility index (Phi) is 4.00. The molecule has 1 aromatic heterocycles. The lowest BCUT2D eigenvalue weighted by atomic mass is 10.1. The fourth-order valence-electron chi connectivity index (χ4n) is 1.50. The average molecular weight is 253 g/mol. The van der Waals surface area contributed by atoms with Crippen LogP contribution in [0.5, 0.6) is 0 Å². The van der Waals surface area contributed by atoms with Crippen LogP contribution in [-0.4, -0.2) is 20.7 Å². The van der Waals surface area contributed by atoms with Crippen molar-refractivity contribution in [1.82, 2.24) is 0 Å². The molecule has 0 saturated heterocycles. The molecule has 2 nitrogen and oxygen atoms in total. The van der Waals surface area contributed by atoms with Crippen molar-refractivity contribution in [2.45, 2.75) is 0 Å². The zero-order chi connectivity index (χ0) is 13.0. The zero-order valence-electron chi connectivity index (χ0n) is 10.0. The zero-order valence-corrected chi connectivity index (χ0v) is 10.8. The summed E-state index contributed by atoms with van der Waals surface area (Å²) in [7, 11) is 7.46. The van der Waals surface area contributed by atoms with Crippen molar-refractivity contribution in [1.29, 1.82) is 0 Å². The van der Waals surface area contributed by atoms with Crippen LogP contribution in [0.25, 0.3) is 6.08 Å². The van der Waals surface area contributed by atoms with Gasteiger partial charge < -0.3 is 5.32 Å². The lowest BCUT2D eigenvalue weighted by Gasteiger charge is -1.99. The number of hydrogen-bond acceptors (Lipinski definition) is 3. The molecule has 0 fully saturated rings. The number of nitrogens with one attached hydrogen (secondary N) is 1. The van der Waals surface area contributed by atoms with Crippen LogP contribution in [-0.2, 0) is 0 Å². The second-order valence-corrected chi connectivity index (χ2v) is 4.89. The summed E-state index contributed by atoms with van der Waals surface area (Å²) < 4.78 is 0.658. The highest BCUT2D eigenvalue weighted by molar-refractivity contribution is 7.21. The summed E-state index contributed by atoms with van der Waals surface area (Å²) in [6, 6.07) is 11.3. The van der Waals surface area contributed by atoms with Gasteiger partial charge in [-0.05, 0) is 34.6 Å². The Bertz CT molecular complexity index is 572. The van der Waals surface area contributed by atoms with E-state index in [-0.39, 0.29) is 5.78 Å². The highest BCUT2D eigenvalue weighted by Gasteiger charge is 2.03. The van der Waals surface area contributed by atoms with E-state index in [4.69, 9.17) is 7.85 Å². The van der Waals surface area contributed by atoms with Crippen LogP contribution in [0, 0.1) is 0 Å². The minimum atomic E-state index is -0.0191. The monoisotopic (exact) mass is 253 g/mol. The van der Waals surface area contributed by atoms with E-state index in [2.05, 4.69) is 5.32 Å². The van der Waals surface area contributed by atoms with Crippen molar-refractivity contribution in [2.75, 3.05) is 12.4 Å². The first kappa shape index (κ1) is 12.6. The third-order valence-corrected chi connectivity index (χ3v) is 3.43. The standard InChI is InChI=1S/C14H12BNOS/c1-16-11-5-2-10(3-6-11)4-7-12(17)13-8-9-14(15)18-13/h2-9,16H,1H3/b7-4+. The van der Waals surface area contributed by atoms with Crippen molar-refractivity contribution in [2.24, 2.45) is 0 Å². The molecule has 0 spiro atoms. The molecule has 18 heavy (non-hydrogen) atoms. The minimum Gasteiger partial charge on any atom is -0.388 e. The van der Waals surface area contributed by atoms with Crippen LogP contribution >= 0.6 is 11.3 Å². The molecule has 88 valence electrons. The summed E-state index contributed by atoms with van der Waals surface area (Å²) in [5.74, 6) is -0.0191. The number of carbonyl (C=O) groups is 1. The second-order valence-electron chi connectivity index (χ2n) is 3.77. The van der Waals surface area contributed by atoms with E-state index in [1.807, 2.05) is 31.3 Å². The van der Waals surface area contributed by atoms with Crippen molar-refractivity contribution >= 4 is 41.5 Å². The summed E-state index contributed by atoms with van der Waals surface area (Å²) >= 11 is 1.30. The highest BCUT2D eigenvalue weighted by atomic mass is 32.1. The molecular formula is C14H12BNOS. The molecule has 2 aromatic rings. The number of ketones is 1. The Morgan fingerprint density at radius 1 is 1.22 bits per heavy atom. The van der Waals surface area contributed by atoms with E-state index in [1.54, 1.807) is 24.3 Å². The van der Waals surface area contributed by atoms with E-state index in [0.29, 0.717) is 9.65 Å². The maximum absolute atomic E-state index is 11.8. The largest absolute Gasteiger partial charge is 0.388 e. The number of allylic oxidation sites excluding steroid dienone is 1. The van der Waals surface area contributed by atoms with E-state index in [9.17, 15) is 4.79 Å². The Morgan fingerprint density at radius 2 is 1.94 bits per heavy atom. The van der Waals surface area contributed by atoms with Gasteiger partial charge in [-0.2, -0.15) is 0 Å². The Morgan fingerprint density at radius 3 is 2.50 bits per heavy atom. The molecule has 1 heterocycles. The van der Waals surface area contributed by atoms with E-state index < -0.39 is 0 Å². The minimum absolute atomic E-state index is 0.0191. The molecule has 0 unspecified atom stereocenters. The van der Waals surface area contributed by atoms with Gasteiger partial charge in [-0.25, -0.2) is 0 Å². The summed E-state index contributed by atoms with van der Waals surface area (Å²) in [4.78, 5) is 12.5. The SMILES string of the molecule is [B]c1ccc(C(=O)/C=C/c2ccc(NC)cc2)s1. The smallest absolute Gasteiger partial charge is 0.195 e. The molecule has 4 heteroatoms. The molecule has 0 bridgehead atoms. The van der Waals surface area contributed by atoms with Gasteiger partial charge in [0.25, 0.3) is 0 Å².